The van der Waals surface area contributed by atoms with Crippen LogP contribution < -0.4 is 10.6 Å². The van der Waals surface area contributed by atoms with Crippen LogP contribution in [0.4, 0.5) is 4.79 Å². The molecule has 4 rings (SSSR count). The molecule has 3 amide bonds. The fourth-order valence-electron chi connectivity index (χ4n) is 3.31. The molecular formula is C27H25N5O2S. The summed E-state index contributed by atoms with van der Waals surface area (Å²) in [5, 5.41) is 14.0. The number of urea groups is 1. The third-order valence-electron chi connectivity index (χ3n) is 5.20. The minimum absolute atomic E-state index is 0.0162. The van der Waals surface area contributed by atoms with Gasteiger partial charge in [-0.1, -0.05) is 102 Å². The first kappa shape index (κ1) is 24.1. The molecule has 0 fully saturated rings. The number of carbonyl (C=O) groups is 2. The minimum Gasteiger partial charge on any atom is -0.334 e. The van der Waals surface area contributed by atoms with Crippen molar-refractivity contribution >= 4 is 23.7 Å². The minimum atomic E-state index is -0.548. The highest BCUT2D eigenvalue weighted by Crippen LogP contribution is 2.30. The first-order valence-electron chi connectivity index (χ1n) is 11.1. The summed E-state index contributed by atoms with van der Waals surface area (Å²) in [4.78, 5) is 29.0. The Bertz CT molecular complexity index is 1310. The van der Waals surface area contributed by atoms with Crippen LogP contribution >= 0.6 is 11.8 Å². The summed E-state index contributed by atoms with van der Waals surface area (Å²) in [5.74, 6) is -0.457. The van der Waals surface area contributed by atoms with Crippen molar-refractivity contribution in [3.05, 3.63) is 95.6 Å². The second-order valence-electron chi connectivity index (χ2n) is 8.03. The van der Waals surface area contributed by atoms with Crippen molar-refractivity contribution in [2.24, 2.45) is 0 Å². The number of nitrogens with zero attached hydrogens (tertiary/aromatic N) is 3. The largest absolute Gasteiger partial charge is 0.334 e. The first-order valence-corrected chi connectivity index (χ1v) is 12.1. The van der Waals surface area contributed by atoms with Crippen LogP contribution in [-0.2, 0) is 11.3 Å². The number of aryl methyl sites for hydroxylation is 2. The number of hydrogen-bond acceptors (Lipinski definition) is 6. The lowest BCUT2D eigenvalue weighted by Crippen LogP contribution is -2.39. The number of aromatic nitrogens is 3. The van der Waals surface area contributed by atoms with E-state index in [1.165, 1.54) is 0 Å². The van der Waals surface area contributed by atoms with E-state index in [1.54, 1.807) is 0 Å². The maximum absolute atomic E-state index is 12.3. The Balaban J connectivity index is 1.44. The molecule has 0 aliphatic rings. The van der Waals surface area contributed by atoms with Crippen molar-refractivity contribution in [1.29, 1.82) is 0 Å². The molecule has 0 spiro atoms. The lowest BCUT2D eigenvalue weighted by atomic mass is 10.0. The van der Waals surface area contributed by atoms with Crippen LogP contribution in [0.25, 0.3) is 22.5 Å². The maximum atomic E-state index is 12.3. The van der Waals surface area contributed by atoms with Gasteiger partial charge in [-0.05, 0) is 19.4 Å². The average molecular weight is 484 g/mol. The van der Waals surface area contributed by atoms with Gasteiger partial charge in [-0.3, -0.25) is 10.1 Å². The third kappa shape index (κ3) is 6.74. The third-order valence-corrected chi connectivity index (χ3v) is 6.04. The Morgan fingerprint density at radius 2 is 1.37 bits per heavy atom. The van der Waals surface area contributed by atoms with Crippen LogP contribution in [0.2, 0.25) is 0 Å². The van der Waals surface area contributed by atoms with Crippen LogP contribution in [0, 0.1) is 13.8 Å². The summed E-state index contributed by atoms with van der Waals surface area (Å²) in [5.41, 5.74) is 6.42. The van der Waals surface area contributed by atoms with E-state index in [1.807, 2.05) is 92.7 Å². The van der Waals surface area contributed by atoms with Gasteiger partial charge in [-0.15, -0.1) is 10.2 Å². The maximum Gasteiger partial charge on any atom is 0.321 e. The zero-order chi connectivity index (χ0) is 24.6. The molecule has 1 heterocycles. The number of rotatable bonds is 7. The van der Waals surface area contributed by atoms with Crippen LogP contribution in [0.3, 0.4) is 0 Å². The Morgan fingerprint density at radius 1 is 0.771 bits per heavy atom. The van der Waals surface area contributed by atoms with Crippen molar-refractivity contribution in [1.82, 2.24) is 25.8 Å². The highest BCUT2D eigenvalue weighted by Gasteiger charge is 2.15. The summed E-state index contributed by atoms with van der Waals surface area (Å²) in [6.07, 6.45) is 0. The van der Waals surface area contributed by atoms with Gasteiger partial charge in [0.15, 0.2) is 0 Å². The lowest BCUT2D eigenvalue weighted by Gasteiger charge is -2.10. The summed E-state index contributed by atoms with van der Waals surface area (Å²) in [6.45, 7) is 4.39. The molecule has 0 atom stereocenters. The molecule has 0 radical (unpaired) electrons. The van der Waals surface area contributed by atoms with Gasteiger partial charge in [0.2, 0.25) is 11.1 Å². The van der Waals surface area contributed by atoms with Crippen LogP contribution in [0.1, 0.15) is 16.7 Å². The topological polar surface area (TPSA) is 96.9 Å². The predicted octanol–water partition coefficient (Wildman–Crippen LogP) is 4.94. The molecule has 176 valence electrons. The van der Waals surface area contributed by atoms with Crippen molar-refractivity contribution in [3.8, 4) is 22.5 Å². The van der Waals surface area contributed by atoms with E-state index >= 15 is 0 Å². The van der Waals surface area contributed by atoms with Gasteiger partial charge in [0.05, 0.1) is 5.75 Å². The van der Waals surface area contributed by atoms with Gasteiger partial charge in [-0.2, -0.15) is 0 Å². The highest BCUT2D eigenvalue weighted by atomic mass is 32.2. The molecule has 2 N–H and O–H groups in total. The summed E-state index contributed by atoms with van der Waals surface area (Å²) < 4.78 is 0. The van der Waals surface area contributed by atoms with Crippen LogP contribution in [0.15, 0.2) is 84.0 Å². The standard InChI is InChI=1S/C27H25N5O2S/c1-18-8-12-21(13-9-18)24-25(22-14-10-19(2)11-15-22)31-32-27(30-24)35-17-23(33)29-26(34)28-16-20-6-4-3-5-7-20/h3-15H,16-17H2,1-2H3,(H2,28,29,33,34). The normalized spacial score (nSPS) is 10.6. The SMILES string of the molecule is Cc1ccc(-c2nnc(SCC(=O)NC(=O)NCc3ccccc3)nc2-c2ccc(C)cc2)cc1. The number of amides is 3. The zero-order valence-electron chi connectivity index (χ0n) is 19.5. The second-order valence-corrected chi connectivity index (χ2v) is 8.97. The Labute approximate surface area is 208 Å². The van der Waals surface area contributed by atoms with Crippen molar-refractivity contribution in [3.63, 3.8) is 0 Å². The van der Waals surface area contributed by atoms with E-state index in [0.29, 0.717) is 23.1 Å². The van der Waals surface area contributed by atoms with Crippen molar-refractivity contribution in [2.45, 2.75) is 25.5 Å². The molecule has 1 aromatic heterocycles. The number of nitrogens with one attached hydrogen (secondary N) is 2. The van der Waals surface area contributed by atoms with E-state index in [-0.39, 0.29) is 5.75 Å². The number of thioether (sulfide) groups is 1. The first-order chi connectivity index (χ1) is 17.0. The van der Waals surface area contributed by atoms with E-state index in [4.69, 9.17) is 4.98 Å². The van der Waals surface area contributed by atoms with Crippen LogP contribution in [0.5, 0.6) is 0 Å². The molecule has 4 aromatic rings. The van der Waals surface area contributed by atoms with Crippen molar-refractivity contribution in [2.75, 3.05) is 5.75 Å². The Kier molecular flexibility index (Phi) is 7.84. The second kappa shape index (κ2) is 11.4. The Hall–Kier alpha value is -4.04. The van der Waals surface area contributed by atoms with Gasteiger partial charge in [0.1, 0.15) is 11.4 Å². The molecule has 0 aliphatic heterocycles. The zero-order valence-corrected chi connectivity index (χ0v) is 20.3. The molecular weight excluding hydrogens is 458 g/mol. The molecule has 0 aliphatic carbocycles. The molecule has 8 heteroatoms. The number of imide groups is 1. The highest BCUT2D eigenvalue weighted by molar-refractivity contribution is 7.99. The molecule has 0 unspecified atom stereocenters. The molecule has 0 saturated heterocycles. The number of benzene rings is 3. The lowest BCUT2D eigenvalue weighted by molar-refractivity contribution is -0.117. The van der Waals surface area contributed by atoms with Gasteiger partial charge in [0, 0.05) is 17.7 Å². The number of carbonyl (C=O) groups excluding carboxylic acids is 2. The average Bonchev–Trinajstić information content (AvgIpc) is 2.88. The Morgan fingerprint density at radius 3 is 2.00 bits per heavy atom. The quantitative estimate of drug-likeness (QED) is 0.362. The summed E-state index contributed by atoms with van der Waals surface area (Å²) in [6, 6.07) is 25.0. The number of hydrogen-bond donors (Lipinski definition) is 2. The van der Waals surface area contributed by atoms with E-state index in [0.717, 1.165) is 39.6 Å². The smallest absolute Gasteiger partial charge is 0.321 e. The molecule has 0 saturated carbocycles. The van der Waals surface area contributed by atoms with Gasteiger partial charge in [-0.25, -0.2) is 9.78 Å². The summed E-state index contributed by atoms with van der Waals surface area (Å²) >= 11 is 1.13. The molecule has 7 nitrogen and oxygen atoms in total. The monoisotopic (exact) mass is 483 g/mol. The molecule has 0 bridgehead atoms. The van der Waals surface area contributed by atoms with E-state index in [2.05, 4.69) is 20.8 Å². The summed E-state index contributed by atoms with van der Waals surface area (Å²) in [7, 11) is 0. The fraction of sp³-hybridized carbons (Fsp3) is 0.148. The van der Waals surface area contributed by atoms with Gasteiger partial charge >= 0.3 is 6.03 Å². The molecule has 3 aromatic carbocycles. The van der Waals surface area contributed by atoms with Gasteiger partial charge in [0.25, 0.3) is 0 Å². The van der Waals surface area contributed by atoms with E-state index in [9.17, 15) is 9.59 Å². The van der Waals surface area contributed by atoms with Crippen molar-refractivity contribution < 1.29 is 9.59 Å². The van der Waals surface area contributed by atoms with Gasteiger partial charge < -0.3 is 5.32 Å². The molecule has 35 heavy (non-hydrogen) atoms. The predicted molar refractivity (Wildman–Crippen MR) is 138 cm³/mol. The van der Waals surface area contributed by atoms with Crippen LogP contribution in [-0.4, -0.2) is 32.9 Å². The van der Waals surface area contributed by atoms with E-state index < -0.39 is 11.9 Å². The fourth-order valence-corrected chi connectivity index (χ4v) is 3.89.